The van der Waals surface area contributed by atoms with Crippen LogP contribution < -0.4 is 15.4 Å². The molecule has 1 unspecified atom stereocenters. The van der Waals surface area contributed by atoms with Gasteiger partial charge in [-0.05, 0) is 54.4 Å². The second-order valence-electron chi connectivity index (χ2n) is 8.62. The molecule has 0 aliphatic heterocycles. The maximum Gasteiger partial charge on any atom is 0.249 e. The zero-order valence-electron chi connectivity index (χ0n) is 20.7. The summed E-state index contributed by atoms with van der Waals surface area (Å²) in [6.07, 6.45) is 0. The first-order valence-electron chi connectivity index (χ1n) is 12.2. The lowest BCUT2D eigenvalue weighted by atomic mass is 10.00. The Labute approximate surface area is 217 Å². The molecule has 0 saturated carbocycles. The largest absolute Gasteiger partial charge is 0.457 e. The van der Waals surface area contributed by atoms with Crippen molar-refractivity contribution in [1.29, 1.82) is 0 Å². The van der Waals surface area contributed by atoms with E-state index in [1.807, 2.05) is 97.9 Å². The van der Waals surface area contributed by atoms with Gasteiger partial charge >= 0.3 is 0 Å². The molecule has 0 aliphatic rings. The van der Waals surface area contributed by atoms with E-state index in [2.05, 4.69) is 10.6 Å². The fourth-order valence-electron chi connectivity index (χ4n) is 3.70. The monoisotopic (exact) mass is 494 g/mol. The minimum absolute atomic E-state index is 0.0309. The van der Waals surface area contributed by atoms with E-state index in [1.54, 1.807) is 24.3 Å². The van der Waals surface area contributed by atoms with Gasteiger partial charge in [0.2, 0.25) is 11.8 Å². The molecule has 2 atom stereocenters. The first-order valence-corrected chi connectivity index (χ1v) is 12.2. The van der Waals surface area contributed by atoms with Crippen LogP contribution in [-0.2, 0) is 20.9 Å². The molecule has 4 aromatic rings. The Bertz CT molecular complexity index is 1260. The van der Waals surface area contributed by atoms with Crippen molar-refractivity contribution in [2.24, 2.45) is 0 Å². The van der Waals surface area contributed by atoms with E-state index >= 15 is 0 Å². The number of para-hydroxylation sites is 1. The summed E-state index contributed by atoms with van der Waals surface area (Å²) >= 11 is 0. The third kappa shape index (κ3) is 7.78. The first kappa shape index (κ1) is 25.7. The highest BCUT2D eigenvalue weighted by molar-refractivity contribution is 5.98. The molecule has 37 heavy (non-hydrogen) atoms. The number of carbonyl (C=O) groups excluding carboxylic acids is 2. The molecule has 0 radical (unpaired) electrons. The average Bonchev–Trinajstić information content (AvgIpc) is 2.94. The number of ether oxygens (including phenoxy) is 2. The molecular formula is C31H30N2O4. The summed E-state index contributed by atoms with van der Waals surface area (Å²) in [5.41, 5.74) is 2.45. The summed E-state index contributed by atoms with van der Waals surface area (Å²) in [6, 6.07) is 34.8. The van der Waals surface area contributed by atoms with Crippen LogP contribution in [0.3, 0.4) is 0 Å². The Balaban J connectivity index is 1.40. The zero-order chi connectivity index (χ0) is 25.9. The Kier molecular flexibility index (Phi) is 9.05. The van der Waals surface area contributed by atoms with Gasteiger partial charge in [0.25, 0.3) is 0 Å². The maximum atomic E-state index is 13.2. The van der Waals surface area contributed by atoms with Crippen molar-refractivity contribution in [1.82, 2.24) is 5.32 Å². The standard InChI is InChI=1S/C31H30N2O4/c1-23(25-13-7-3-8-14-25)30(34)33-29(22-36-21-24-11-5-2-6-12-24)31(35)32-26-17-19-28(20-18-26)37-27-15-9-4-10-16-27/h2-20,23,29H,21-22H2,1H3,(H,32,35)(H,33,34)/t23-,29?/m1/s1. The van der Waals surface area contributed by atoms with E-state index in [0.29, 0.717) is 18.0 Å². The predicted octanol–water partition coefficient (Wildman–Crippen LogP) is 5.92. The molecule has 0 aromatic heterocycles. The molecule has 0 spiro atoms. The quantitative estimate of drug-likeness (QED) is 0.271. The van der Waals surface area contributed by atoms with Crippen molar-refractivity contribution >= 4 is 17.5 Å². The Morgan fingerprint density at radius 1 is 0.703 bits per heavy atom. The third-order valence-electron chi connectivity index (χ3n) is 5.82. The van der Waals surface area contributed by atoms with Gasteiger partial charge in [0.05, 0.1) is 19.1 Å². The zero-order valence-corrected chi connectivity index (χ0v) is 20.7. The SMILES string of the molecule is C[C@@H](C(=O)NC(COCc1ccccc1)C(=O)Nc1ccc(Oc2ccccc2)cc1)c1ccccc1. The van der Waals surface area contributed by atoms with Crippen LogP contribution in [0.15, 0.2) is 115 Å². The highest BCUT2D eigenvalue weighted by atomic mass is 16.5. The van der Waals surface area contributed by atoms with Gasteiger partial charge in [-0.3, -0.25) is 9.59 Å². The lowest BCUT2D eigenvalue weighted by molar-refractivity contribution is -0.128. The van der Waals surface area contributed by atoms with E-state index in [-0.39, 0.29) is 18.4 Å². The predicted molar refractivity (Wildman–Crippen MR) is 144 cm³/mol. The fraction of sp³-hybridized carbons (Fsp3) is 0.161. The van der Waals surface area contributed by atoms with Crippen LogP contribution in [-0.4, -0.2) is 24.5 Å². The summed E-state index contributed by atoms with van der Waals surface area (Å²) in [5.74, 6) is 0.349. The summed E-state index contributed by atoms with van der Waals surface area (Å²) in [4.78, 5) is 26.2. The Hall–Kier alpha value is -4.42. The van der Waals surface area contributed by atoms with Crippen LogP contribution in [0.25, 0.3) is 0 Å². The molecule has 4 aromatic carbocycles. The molecule has 6 heteroatoms. The molecule has 0 saturated heterocycles. The van der Waals surface area contributed by atoms with E-state index in [4.69, 9.17) is 9.47 Å². The van der Waals surface area contributed by atoms with Crippen LogP contribution in [0.5, 0.6) is 11.5 Å². The summed E-state index contributed by atoms with van der Waals surface area (Å²) < 4.78 is 11.6. The number of amides is 2. The fourth-order valence-corrected chi connectivity index (χ4v) is 3.70. The number of hydrogen-bond donors (Lipinski definition) is 2. The molecule has 2 amide bonds. The van der Waals surface area contributed by atoms with E-state index in [0.717, 1.165) is 16.9 Å². The summed E-state index contributed by atoms with van der Waals surface area (Å²) in [6.45, 7) is 2.18. The number of benzene rings is 4. The van der Waals surface area contributed by atoms with Crippen molar-refractivity contribution in [2.75, 3.05) is 11.9 Å². The number of carbonyl (C=O) groups is 2. The van der Waals surface area contributed by atoms with Crippen molar-refractivity contribution in [3.05, 3.63) is 126 Å². The van der Waals surface area contributed by atoms with Crippen LogP contribution in [0.4, 0.5) is 5.69 Å². The normalized spacial score (nSPS) is 12.2. The van der Waals surface area contributed by atoms with Gasteiger partial charge in [0.1, 0.15) is 17.5 Å². The maximum absolute atomic E-state index is 13.2. The number of rotatable bonds is 11. The van der Waals surface area contributed by atoms with Crippen LogP contribution in [0.2, 0.25) is 0 Å². The highest BCUT2D eigenvalue weighted by Crippen LogP contribution is 2.23. The Morgan fingerprint density at radius 2 is 1.27 bits per heavy atom. The number of hydrogen-bond acceptors (Lipinski definition) is 4. The van der Waals surface area contributed by atoms with Gasteiger partial charge < -0.3 is 20.1 Å². The van der Waals surface area contributed by atoms with Crippen LogP contribution >= 0.6 is 0 Å². The minimum Gasteiger partial charge on any atom is -0.457 e. The summed E-state index contributed by atoms with van der Waals surface area (Å²) in [5, 5.41) is 5.74. The summed E-state index contributed by atoms with van der Waals surface area (Å²) in [7, 11) is 0. The van der Waals surface area contributed by atoms with E-state index < -0.39 is 12.0 Å². The molecule has 0 bridgehead atoms. The molecular weight excluding hydrogens is 464 g/mol. The minimum atomic E-state index is -0.873. The number of anilines is 1. The molecule has 6 nitrogen and oxygen atoms in total. The molecule has 2 N–H and O–H groups in total. The molecule has 188 valence electrons. The van der Waals surface area contributed by atoms with Crippen molar-refractivity contribution in [3.63, 3.8) is 0 Å². The number of nitrogens with one attached hydrogen (secondary N) is 2. The van der Waals surface area contributed by atoms with Gasteiger partial charge in [-0.2, -0.15) is 0 Å². The lowest BCUT2D eigenvalue weighted by Crippen LogP contribution is -2.48. The van der Waals surface area contributed by atoms with Crippen LogP contribution in [0, 0.1) is 0 Å². The average molecular weight is 495 g/mol. The molecule has 0 fully saturated rings. The van der Waals surface area contributed by atoms with Crippen LogP contribution in [0.1, 0.15) is 24.0 Å². The Morgan fingerprint density at radius 3 is 1.92 bits per heavy atom. The second-order valence-corrected chi connectivity index (χ2v) is 8.62. The van der Waals surface area contributed by atoms with Crippen molar-refractivity contribution < 1.29 is 19.1 Å². The van der Waals surface area contributed by atoms with Gasteiger partial charge in [0, 0.05) is 5.69 Å². The topological polar surface area (TPSA) is 76.7 Å². The van der Waals surface area contributed by atoms with E-state index in [9.17, 15) is 9.59 Å². The van der Waals surface area contributed by atoms with Gasteiger partial charge in [0.15, 0.2) is 0 Å². The molecule has 4 rings (SSSR count). The first-order chi connectivity index (χ1) is 18.1. The molecule has 0 aliphatic carbocycles. The third-order valence-corrected chi connectivity index (χ3v) is 5.82. The van der Waals surface area contributed by atoms with Crippen molar-refractivity contribution in [2.45, 2.75) is 25.5 Å². The highest BCUT2D eigenvalue weighted by Gasteiger charge is 2.25. The van der Waals surface area contributed by atoms with Crippen molar-refractivity contribution in [3.8, 4) is 11.5 Å². The lowest BCUT2D eigenvalue weighted by Gasteiger charge is -2.21. The van der Waals surface area contributed by atoms with Gasteiger partial charge in [-0.25, -0.2) is 0 Å². The second kappa shape index (κ2) is 13.0. The van der Waals surface area contributed by atoms with Gasteiger partial charge in [-0.1, -0.05) is 78.9 Å². The smallest absolute Gasteiger partial charge is 0.249 e. The van der Waals surface area contributed by atoms with E-state index in [1.165, 1.54) is 0 Å². The molecule has 0 heterocycles. The van der Waals surface area contributed by atoms with Gasteiger partial charge in [-0.15, -0.1) is 0 Å².